The van der Waals surface area contributed by atoms with Gasteiger partial charge in [-0.3, -0.25) is 0 Å². The summed E-state index contributed by atoms with van der Waals surface area (Å²) < 4.78 is 25.3. The number of halogens is 2. The van der Waals surface area contributed by atoms with Crippen molar-refractivity contribution in [3.05, 3.63) is 35.4 Å². The van der Waals surface area contributed by atoms with Crippen LogP contribution in [0.15, 0.2) is 18.2 Å². The van der Waals surface area contributed by atoms with Gasteiger partial charge in [0.15, 0.2) is 11.6 Å². The zero-order valence-electron chi connectivity index (χ0n) is 7.85. The van der Waals surface area contributed by atoms with Crippen LogP contribution in [0.4, 0.5) is 8.78 Å². The highest BCUT2D eigenvalue weighted by atomic mass is 19.2. The minimum Gasteiger partial charge on any atom is -0.302 e. The molecule has 0 N–H and O–H groups in total. The van der Waals surface area contributed by atoms with Crippen molar-refractivity contribution in [3.63, 3.8) is 0 Å². The summed E-state index contributed by atoms with van der Waals surface area (Å²) in [5.41, 5.74) is 0.795. The van der Waals surface area contributed by atoms with E-state index in [1.54, 1.807) is 6.07 Å². The molecule has 0 heterocycles. The van der Waals surface area contributed by atoms with Crippen LogP contribution in [0.25, 0.3) is 0 Å². The van der Waals surface area contributed by atoms with Crippen LogP contribution < -0.4 is 0 Å². The fraction of sp³-hybridized carbons (Fsp3) is 0.400. The Labute approximate surface area is 77.0 Å². The third-order valence-corrected chi connectivity index (χ3v) is 1.98. The maximum Gasteiger partial charge on any atom is 0.159 e. The van der Waals surface area contributed by atoms with Crippen molar-refractivity contribution >= 4 is 0 Å². The molecule has 0 spiro atoms. The van der Waals surface area contributed by atoms with Crippen LogP contribution in [0.2, 0.25) is 0 Å². The van der Waals surface area contributed by atoms with Gasteiger partial charge >= 0.3 is 0 Å². The zero-order chi connectivity index (χ0) is 9.84. The van der Waals surface area contributed by atoms with Gasteiger partial charge in [0.2, 0.25) is 0 Å². The first-order valence-corrected chi connectivity index (χ1v) is 4.26. The van der Waals surface area contributed by atoms with Crippen LogP contribution in [-0.2, 0) is 6.54 Å². The summed E-state index contributed by atoms with van der Waals surface area (Å²) in [6.45, 7) is 3.55. The molecule has 1 rings (SSSR count). The molecule has 0 saturated heterocycles. The Morgan fingerprint density at radius 1 is 1.23 bits per heavy atom. The molecule has 72 valence electrons. The molecule has 0 aliphatic rings. The Bertz CT molecular complexity index is 286. The highest BCUT2D eigenvalue weighted by molar-refractivity contribution is 5.17. The van der Waals surface area contributed by atoms with Gasteiger partial charge in [0, 0.05) is 6.54 Å². The lowest BCUT2D eigenvalue weighted by Gasteiger charge is -2.13. The Morgan fingerprint density at radius 2 is 1.92 bits per heavy atom. The first-order chi connectivity index (χ1) is 6.13. The largest absolute Gasteiger partial charge is 0.302 e. The van der Waals surface area contributed by atoms with E-state index in [9.17, 15) is 8.78 Å². The SMILES string of the molecule is CCN(C)Cc1ccc(F)c(F)c1. The van der Waals surface area contributed by atoms with Crippen molar-refractivity contribution in [2.75, 3.05) is 13.6 Å². The Kier molecular flexibility index (Phi) is 3.37. The van der Waals surface area contributed by atoms with Crippen molar-refractivity contribution < 1.29 is 8.78 Å². The summed E-state index contributed by atoms with van der Waals surface area (Å²) in [6, 6.07) is 4.00. The van der Waals surface area contributed by atoms with E-state index >= 15 is 0 Å². The van der Waals surface area contributed by atoms with E-state index < -0.39 is 11.6 Å². The van der Waals surface area contributed by atoms with Gasteiger partial charge in [-0.25, -0.2) is 8.78 Å². The lowest BCUT2D eigenvalue weighted by Crippen LogP contribution is -2.16. The van der Waals surface area contributed by atoms with Gasteiger partial charge in [-0.15, -0.1) is 0 Å². The first-order valence-electron chi connectivity index (χ1n) is 4.26. The third-order valence-electron chi connectivity index (χ3n) is 1.98. The minimum atomic E-state index is -0.789. The standard InChI is InChI=1S/C10H13F2N/c1-3-13(2)7-8-4-5-9(11)10(12)6-8/h4-6H,3,7H2,1-2H3. The van der Waals surface area contributed by atoms with Gasteiger partial charge in [0.25, 0.3) is 0 Å². The maximum atomic E-state index is 12.7. The second-order valence-corrected chi connectivity index (χ2v) is 3.08. The normalized spacial score (nSPS) is 10.8. The fourth-order valence-electron chi connectivity index (χ4n) is 1.06. The van der Waals surface area contributed by atoms with E-state index in [4.69, 9.17) is 0 Å². The predicted molar refractivity (Wildman–Crippen MR) is 48.4 cm³/mol. The fourth-order valence-corrected chi connectivity index (χ4v) is 1.06. The van der Waals surface area contributed by atoms with Crippen LogP contribution in [0, 0.1) is 11.6 Å². The van der Waals surface area contributed by atoms with E-state index in [2.05, 4.69) is 0 Å². The van der Waals surface area contributed by atoms with Crippen molar-refractivity contribution in [1.82, 2.24) is 4.90 Å². The molecule has 0 amide bonds. The average molecular weight is 185 g/mol. The smallest absolute Gasteiger partial charge is 0.159 e. The summed E-state index contributed by atoms with van der Waals surface area (Å²) >= 11 is 0. The molecule has 1 nitrogen and oxygen atoms in total. The number of hydrogen-bond acceptors (Lipinski definition) is 1. The second kappa shape index (κ2) is 4.33. The van der Waals surface area contributed by atoms with E-state index in [1.165, 1.54) is 6.07 Å². The Morgan fingerprint density at radius 3 is 2.46 bits per heavy atom. The van der Waals surface area contributed by atoms with Crippen LogP contribution in [-0.4, -0.2) is 18.5 Å². The number of rotatable bonds is 3. The Balaban J connectivity index is 2.73. The first kappa shape index (κ1) is 10.1. The molecule has 0 bridgehead atoms. The molecule has 0 radical (unpaired) electrons. The van der Waals surface area contributed by atoms with Gasteiger partial charge in [-0.1, -0.05) is 13.0 Å². The van der Waals surface area contributed by atoms with Gasteiger partial charge < -0.3 is 4.90 Å². The lowest BCUT2D eigenvalue weighted by atomic mass is 10.2. The van der Waals surface area contributed by atoms with Gasteiger partial charge in [-0.05, 0) is 31.3 Å². The average Bonchev–Trinajstić information content (AvgIpc) is 2.11. The van der Waals surface area contributed by atoms with Gasteiger partial charge in [0.05, 0.1) is 0 Å². The molecular weight excluding hydrogens is 172 g/mol. The molecular formula is C10H13F2N. The summed E-state index contributed by atoms with van der Waals surface area (Å²) in [5, 5.41) is 0. The maximum absolute atomic E-state index is 12.7. The van der Waals surface area contributed by atoms with Crippen molar-refractivity contribution in [1.29, 1.82) is 0 Å². The van der Waals surface area contributed by atoms with E-state index in [0.29, 0.717) is 6.54 Å². The number of nitrogens with zero attached hydrogens (tertiary/aromatic N) is 1. The van der Waals surface area contributed by atoms with Crippen molar-refractivity contribution in [2.45, 2.75) is 13.5 Å². The molecule has 0 saturated carbocycles. The van der Waals surface area contributed by atoms with Gasteiger partial charge in [-0.2, -0.15) is 0 Å². The molecule has 13 heavy (non-hydrogen) atoms. The molecule has 1 aromatic carbocycles. The molecule has 0 aliphatic carbocycles. The van der Waals surface area contributed by atoms with Crippen LogP contribution in [0.1, 0.15) is 12.5 Å². The van der Waals surface area contributed by atoms with Crippen molar-refractivity contribution in [3.8, 4) is 0 Å². The molecule has 0 atom stereocenters. The molecule has 0 fully saturated rings. The topological polar surface area (TPSA) is 3.24 Å². The van der Waals surface area contributed by atoms with Crippen LogP contribution >= 0.6 is 0 Å². The number of benzene rings is 1. The Hall–Kier alpha value is -0.960. The predicted octanol–water partition coefficient (Wildman–Crippen LogP) is 2.42. The third kappa shape index (κ3) is 2.77. The summed E-state index contributed by atoms with van der Waals surface area (Å²) in [5.74, 6) is -1.56. The number of hydrogen-bond donors (Lipinski definition) is 0. The van der Waals surface area contributed by atoms with Crippen LogP contribution in [0.5, 0.6) is 0 Å². The monoisotopic (exact) mass is 185 g/mol. The van der Waals surface area contributed by atoms with E-state index in [-0.39, 0.29) is 0 Å². The molecule has 0 unspecified atom stereocenters. The molecule has 0 aliphatic heterocycles. The minimum absolute atomic E-state index is 0.647. The quantitative estimate of drug-likeness (QED) is 0.699. The van der Waals surface area contributed by atoms with Gasteiger partial charge in [0.1, 0.15) is 0 Å². The zero-order valence-corrected chi connectivity index (χ0v) is 7.85. The lowest BCUT2D eigenvalue weighted by molar-refractivity contribution is 0.344. The molecule has 3 heteroatoms. The molecule has 1 aromatic rings. The second-order valence-electron chi connectivity index (χ2n) is 3.08. The summed E-state index contributed by atoms with van der Waals surface area (Å²) in [7, 11) is 1.93. The highest BCUT2D eigenvalue weighted by Crippen LogP contribution is 2.09. The summed E-state index contributed by atoms with van der Waals surface area (Å²) in [4.78, 5) is 2.02. The summed E-state index contributed by atoms with van der Waals surface area (Å²) in [6.07, 6.45) is 0. The molecule has 0 aromatic heterocycles. The van der Waals surface area contributed by atoms with Crippen molar-refractivity contribution in [2.24, 2.45) is 0 Å². The van der Waals surface area contributed by atoms with E-state index in [0.717, 1.165) is 18.2 Å². The van der Waals surface area contributed by atoms with E-state index in [1.807, 2.05) is 18.9 Å². The van der Waals surface area contributed by atoms with Crippen LogP contribution in [0.3, 0.4) is 0 Å². The highest BCUT2D eigenvalue weighted by Gasteiger charge is 2.03.